The molecule has 4 heteroatoms. The summed E-state index contributed by atoms with van der Waals surface area (Å²) in [5.41, 5.74) is 0.975. The van der Waals surface area contributed by atoms with E-state index in [1.807, 2.05) is 30.5 Å². The van der Waals surface area contributed by atoms with Crippen LogP contribution in [-0.4, -0.2) is 16.7 Å². The molecule has 1 nitrogen and oxygen atoms in total. The second-order valence-corrected chi connectivity index (χ2v) is 5.53. The Hall–Kier alpha value is -0.250. The Kier molecular flexibility index (Phi) is 4.72. The molecule has 76 valence electrons. The van der Waals surface area contributed by atoms with Crippen molar-refractivity contribution in [3.63, 3.8) is 0 Å². The van der Waals surface area contributed by atoms with Crippen LogP contribution in [-0.2, 0) is 10.8 Å². The minimum atomic E-state index is -1.10. The maximum atomic E-state index is 11.0. The summed E-state index contributed by atoms with van der Waals surface area (Å²) < 4.78 is 11.4. The number of hydrogen-bond acceptors (Lipinski definition) is 2. The molecule has 0 amide bonds. The lowest BCUT2D eigenvalue weighted by atomic mass is 10.2. The van der Waals surface area contributed by atoms with Crippen LogP contribution in [0.3, 0.4) is 0 Å². The van der Waals surface area contributed by atoms with E-state index >= 15 is 0 Å². The van der Waals surface area contributed by atoms with Crippen molar-refractivity contribution in [3.8, 4) is 0 Å². The van der Waals surface area contributed by atoms with Gasteiger partial charge in [0.25, 0.3) is 0 Å². The predicted octanol–water partition coefficient (Wildman–Crippen LogP) is 3.32. The molecule has 0 heterocycles. The van der Waals surface area contributed by atoms with E-state index in [2.05, 4.69) is 0 Å². The van der Waals surface area contributed by atoms with Gasteiger partial charge in [0.2, 0.25) is 0 Å². The van der Waals surface area contributed by atoms with Crippen LogP contribution in [0.4, 0.5) is 0 Å². The molecule has 0 aliphatic rings. The Balaban J connectivity index is 2.88. The Morgan fingerprint density at radius 3 is 2.43 bits per heavy atom. The largest absolute Gasteiger partial charge is 0.254 e. The van der Waals surface area contributed by atoms with Crippen LogP contribution in [0, 0.1) is 0 Å². The Morgan fingerprint density at radius 1 is 1.43 bits per heavy atom. The normalized spacial score (nSPS) is 14.1. The first kappa shape index (κ1) is 11.8. The van der Waals surface area contributed by atoms with Crippen molar-refractivity contribution in [3.05, 3.63) is 34.2 Å². The average molecular weight is 247 g/mol. The molecule has 0 bridgehead atoms. The fraction of sp³-hybridized carbons (Fsp3) is 0.200. The summed E-state index contributed by atoms with van der Waals surface area (Å²) in [6, 6.07) is 7.95. The average Bonchev–Trinajstić information content (AvgIpc) is 2.19. The fourth-order valence-corrected chi connectivity index (χ4v) is 1.75. The van der Waals surface area contributed by atoms with E-state index in [-0.39, 0.29) is 0 Å². The molecule has 1 aromatic carbocycles. The smallest absolute Gasteiger partial charge is 0.105 e. The van der Waals surface area contributed by atoms with E-state index < -0.39 is 10.8 Å². The minimum absolute atomic E-state index is 0.377. The van der Waals surface area contributed by atoms with Gasteiger partial charge in [-0.2, -0.15) is 0 Å². The maximum absolute atomic E-state index is 11.0. The summed E-state index contributed by atoms with van der Waals surface area (Å²) in [5, 5.41) is 0. The second kappa shape index (κ2) is 5.59. The molecule has 1 unspecified atom stereocenters. The quantitative estimate of drug-likeness (QED) is 0.761. The Labute approximate surface area is 96.0 Å². The third-order valence-corrected chi connectivity index (χ3v) is 3.84. The van der Waals surface area contributed by atoms with Crippen LogP contribution < -0.4 is 0 Å². The van der Waals surface area contributed by atoms with Crippen LogP contribution >= 0.6 is 23.4 Å². The van der Waals surface area contributed by atoms with Crippen molar-refractivity contribution >= 4 is 40.2 Å². The van der Waals surface area contributed by atoms with Crippen LogP contribution in [0.1, 0.15) is 5.56 Å². The number of benzene rings is 1. The van der Waals surface area contributed by atoms with Crippen LogP contribution in [0.5, 0.6) is 0 Å². The highest BCUT2D eigenvalue weighted by molar-refractivity contribution is 7.98. The van der Waals surface area contributed by atoms with Gasteiger partial charge < -0.3 is 0 Å². The third-order valence-electron chi connectivity index (χ3n) is 1.67. The summed E-state index contributed by atoms with van der Waals surface area (Å²) in [5.74, 6) is 0. The van der Waals surface area contributed by atoms with Crippen molar-refractivity contribution in [2.24, 2.45) is 0 Å². The van der Waals surface area contributed by atoms with Crippen molar-refractivity contribution in [2.45, 2.75) is 4.90 Å². The van der Waals surface area contributed by atoms with Crippen LogP contribution in [0.25, 0.3) is 6.08 Å². The molecule has 0 radical (unpaired) electrons. The molecule has 0 saturated heterocycles. The molecule has 0 N–H and O–H groups in total. The SMILES string of the molecule is CSc1ccc(/C=C(\Cl)S(C)=O)cc1. The van der Waals surface area contributed by atoms with E-state index in [1.54, 1.807) is 24.1 Å². The number of thioether (sulfide) groups is 1. The van der Waals surface area contributed by atoms with Crippen molar-refractivity contribution in [2.75, 3.05) is 12.5 Å². The molecular weight excluding hydrogens is 236 g/mol. The van der Waals surface area contributed by atoms with E-state index in [1.165, 1.54) is 4.90 Å². The Bertz CT molecular complexity index is 357. The third kappa shape index (κ3) is 3.48. The molecule has 0 saturated carbocycles. The topological polar surface area (TPSA) is 17.1 Å². The summed E-state index contributed by atoms with van der Waals surface area (Å²) in [6.07, 6.45) is 5.32. The van der Waals surface area contributed by atoms with Crippen LogP contribution in [0.15, 0.2) is 33.5 Å². The summed E-state index contributed by atoms with van der Waals surface area (Å²) >= 11 is 7.47. The van der Waals surface area contributed by atoms with Crippen molar-refractivity contribution in [1.29, 1.82) is 0 Å². The van der Waals surface area contributed by atoms with Gasteiger partial charge in [0.15, 0.2) is 0 Å². The highest BCUT2D eigenvalue weighted by Gasteiger charge is 1.97. The van der Waals surface area contributed by atoms with Gasteiger partial charge in [0.05, 0.1) is 10.8 Å². The van der Waals surface area contributed by atoms with E-state index in [0.29, 0.717) is 4.36 Å². The molecule has 0 aromatic heterocycles. The lowest BCUT2D eigenvalue weighted by Crippen LogP contribution is -1.83. The molecule has 0 fully saturated rings. The van der Waals surface area contributed by atoms with E-state index in [9.17, 15) is 4.21 Å². The molecule has 1 aromatic rings. The first-order valence-corrected chi connectivity index (χ1v) is 7.14. The molecule has 1 rings (SSSR count). The van der Waals surface area contributed by atoms with Gasteiger partial charge >= 0.3 is 0 Å². The number of rotatable bonds is 3. The molecular formula is C10H11ClOS2. The lowest BCUT2D eigenvalue weighted by Gasteiger charge is -1.97. The Morgan fingerprint density at radius 2 is 2.00 bits per heavy atom. The standard InChI is InChI=1S/C10H11ClOS2/c1-13-9-5-3-8(4-6-9)7-10(11)14(2)12/h3-7H,1-2H3/b10-7+. The summed E-state index contributed by atoms with van der Waals surface area (Å²) in [7, 11) is -1.10. The monoisotopic (exact) mass is 246 g/mol. The highest BCUT2D eigenvalue weighted by Crippen LogP contribution is 2.18. The summed E-state index contributed by atoms with van der Waals surface area (Å²) in [4.78, 5) is 1.20. The van der Waals surface area contributed by atoms with Gasteiger partial charge in [-0.3, -0.25) is 4.21 Å². The van der Waals surface area contributed by atoms with Crippen LogP contribution in [0.2, 0.25) is 0 Å². The lowest BCUT2D eigenvalue weighted by molar-refractivity contribution is 0.691. The van der Waals surface area contributed by atoms with Gasteiger partial charge in [0.1, 0.15) is 4.36 Å². The van der Waals surface area contributed by atoms with Gasteiger partial charge in [0, 0.05) is 11.2 Å². The zero-order chi connectivity index (χ0) is 10.6. The predicted molar refractivity (Wildman–Crippen MR) is 66.1 cm³/mol. The zero-order valence-corrected chi connectivity index (χ0v) is 10.4. The van der Waals surface area contributed by atoms with Crippen molar-refractivity contribution in [1.82, 2.24) is 0 Å². The second-order valence-electron chi connectivity index (χ2n) is 2.68. The van der Waals surface area contributed by atoms with Gasteiger partial charge in [-0.1, -0.05) is 23.7 Å². The van der Waals surface area contributed by atoms with E-state index in [4.69, 9.17) is 11.6 Å². The molecule has 14 heavy (non-hydrogen) atoms. The van der Waals surface area contributed by atoms with Gasteiger partial charge in [-0.15, -0.1) is 11.8 Å². The number of halogens is 1. The first-order chi connectivity index (χ1) is 6.63. The van der Waals surface area contributed by atoms with Gasteiger partial charge in [-0.05, 0) is 30.0 Å². The fourth-order valence-electron chi connectivity index (χ4n) is 0.914. The van der Waals surface area contributed by atoms with Gasteiger partial charge in [-0.25, -0.2) is 0 Å². The molecule has 0 aliphatic heterocycles. The zero-order valence-electron chi connectivity index (χ0n) is 7.99. The number of hydrogen-bond donors (Lipinski definition) is 0. The minimum Gasteiger partial charge on any atom is -0.254 e. The highest BCUT2D eigenvalue weighted by atomic mass is 35.5. The molecule has 0 aliphatic carbocycles. The van der Waals surface area contributed by atoms with E-state index in [0.717, 1.165) is 5.56 Å². The first-order valence-electron chi connectivity index (χ1n) is 3.98. The maximum Gasteiger partial charge on any atom is 0.105 e. The molecule has 0 spiro atoms. The van der Waals surface area contributed by atoms with Crippen molar-refractivity contribution < 1.29 is 4.21 Å². The summed E-state index contributed by atoms with van der Waals surface area (Å²) in [6.45, 7) is 0. The molecule has 1 atom stereocenters.